The second-order valence-corrected chi connectivity index (χ2v) is 22.8. The molecular formula is C22H47NSn. The second kappa shape index (κ2) is 10.8. The number of rotatable bonds is 14. The van der Waals surface area contributed by atoms with Crippen molar-refractivity contribution in [1.29, 1.82) is 0 Å². The van der Waals surface area contributed by atoms with E-state index in [4.69, 9.17) is 0 Å². The Kier molecular flexibility index (Phi) is 10.3. The van der Waals surface area contributed by atoms with Gasteiger partial charge in [0, 0.05) is 0 Å². The Morgan fingerprint density at radius 3 is 1.54 bits per heavy atom. The van der Waals surface area contributed by atoms with Gasteiger partial charge in [0.15, 0.2) is 0 Å². The molecule has 0 amide bonds. The Balaban J connectivity index is 3.11. The normalized spacial score (nSPS) is 24.1. The molecule has 0 spiro atoms. The number of hydrogen-bond acceptors (Lipinski definition) is 1. The van der Waals surface area contributed by atoms with Crippen LogP contribution in [0.5, 0.6) is 0 Å². The Hall–Kier alpha value is 0.759. The summed E-state index contributed by atoms with van der Waals surface area (Å²) in [5.41, 5.74) is 0.592. The van der Waals surface area contributed by atoms with Crippen LogP contribution in [0.15, 0.2) is 0 Å². The predicted molar refractivity (Wildman–Crippen MR) is 114 cm³/mol. The van der Waals surface area contributed by atoms with Crippen LogP contribution in [0.1, 0.15) is 93.4 Å². The van der Waals surface area contributed by atoms with Crippen molar-refractivity contribution in [3.63, 3.8) is 0 Å². The zero-order valence-electron chi connectivity index (χ0n) is 18.1. The molecule has 0 unspecified atom stereocenters. The van der Waals surface area contributed by atoms with Gasteiger partial charge >= 0.3 is 158 Å². The van der Waals surface area contributed by atoms with Crippen LogP contribution in [0.3, 0.4) is 0 Å². The maximum atomic E-state index is 2.87. The first-order valence-electron chi connectivity index (χ1n) is 11.2. The van der Waals surface area contributed by atoms with E-state index in [9.17, 15) is 0 Å². The van der Waals surface area contributed by atoms with E-state index in [1.54, 1.807) is 19.7 Å². The molecular weight excluding hydrogens is 397 g/mol. The van der Waals surface area contributed by atoms with Crippen molar-refractivity contribution in [2.45, 2.75) is 116 Å². The summed E-state index contributed by atoms with van der Waals surface area (Å²) < 4.78 is 6.21. The van der Waals surface area contributed by atoms with Crippen LogP contribution in [0.2, 0.25) is 17.2 Å². The third kappa shape index (κ3) is 4.93. The van der Waals surface area contributed by atoms with Gasteiger partial charge < -0.3 is 0 Å². The average molecular weight is 444 g/mol. The molecule has 0 aromatic carbocycles. The van der Waals surface area contributed by atoms with Gasteiger partial charge in [-0.2, -0.15) is 0 Å². The summed E-state index contributed by atoms with van der Waals surface area (Å²) in [6.45, 7) is 19.6. The maximum absolute atomic E-state index is 2.87. The molecule has 0 aliphatic heterocycles. The monoisotopic (exact) mass is 445 g/mol. The van der Waals surface area contributed by atoms with E-state index in [-0.39, 0.29) is 0 Å². The Bertz CT molecular complexity index is 315. The fraction of sp³-hybridized carbons (Fsp3) is 1.00. The summed E-state index contributed by atoms with van der Waals surface area (Å²) in [5.74, 6) is 0.836. The SMILES string of the molecule is CCC[CH2][Sn]([CH2]CCC)([CH2]CCC)[C@@H]1C[C@@]1(C(C)C)N(CC)CC. The fourth-order valence-electron chi connectivity index (χ4n) is 5.66. The molecule has 24 heavy (non-hydrogen) atoms. The molecule has 1 rings (SSSR count). The first-order valence-corrected chi connectivity index (χ1v) is 18.9. The topological polar surface area (TPSA) is 3.24 Å². The first kappa shape index (κ1) is 22.8. The molecule has 0 saturated heterocycles. The molecule has 0 N–H and O–H groups in total. The molecule has 2 heteroatoms. The van der Waals surface area contributed by atoms with Crippen molar-refractivity contribution < 1.29 is 0 Å². The summed E-state index contributed by atoms with van der Waals surface area (Å²) in [7, 11) is 0. The molecule has 144 valence electrons. The number of hydrogen-bond donors (Lipinski definition) is 0. The van der Waals surface area contributed by atoms with Gasteiger partial charge in [-0.05, 0) is 0 Å². The Morgan fingerprint density at radius 2 is 1.25 bits per heavy atom. The van der Waals surface area contributed by atoms with Crippen LogP contribution >= 0.6 is 0 Å². The van der Waals surface area contributed by atoms with E-state index in [1.165, 1.54) is 51.6 Å². The number of nitrogens with zero attached hydrogens (tertiary/aromatic N) is 1. The minimum absolute atomic E-state index is 0.592. The van der Waals surface area contributed by atoms with Crippen LogP contribution in [0, 0.1) is 5.92 Å². The summed E-state index contributed by atoms with van der Waals surface area (Å²) in [6.07, 6.45) is 10.3. The molecule has 1 aliphatic carbocycles. The quantitative estimate of drug-likeness (QED) is 0.253. The van der Waals surface area contributed by atoms with Crippen molar-refractivity contribution in [2.75, 3.05) is 13.1 Å². The zero-order chi connectivity index (χ0) is 18.2. The van der Waals surface area contributed by atoms with Gasteiger partial charge in [0.2, 0.25) is 0 Å². The molecule has 1 aliphatic rings. The van der Waals surface area contributed by atoms with Gasteiger partial charge in [-0.3, -0.25) is 0 Å². The summed E-state index contributed by atoms with van der Waals surface area (Å²) in [5, 5.41) is 0. The van der Waals surface area contributed by atoms with Gasteiger partial charge in [0.25, 0.3) is 0 Å². The first-order chi connectivity index (χ1) is 11.5. The molecule has 1 saturated carbocycles. The van der Waals surface area contributed by atoms with Crippen molar-refractivity contribution in [1.82, 2.24) is 4.90 Å². The fourth-order valence-corrected chi connectivity index (χ4v) is 26.5. The van der Waals surface area contributed by atoms with Crippen molar-refractivity contribution in [2.24, 2.45) is 5.92 Å². The zero-order valence-corrected chi connectivity index (χ0v) is 20.9. The standard InChI is InChI=1S/C10H20N.3C4H9.Sn/c1-5-11(6-2)10(7-8-10)9(3)4;3*1-3-4-2;/h7,9H,5-6,8H2,1-4H3;3*1,3-4H2,2H3;/t10-;;;;/m0..../s1. The van der Waals surface area contributed by atoms with Crippen LogP contribution < -0.4 is 0 Å². The molecule has 0 radical (unpaired) electrons. The summed E-state index contributed by atoms with van der Waals surface area (Å²) >= 11 is -2.07. The van der Waals surface area contributed by atoms with Gasteiger partial charge in [0.05, 0.1) is 0 Å². The predicted octanol–water partition coefficient (Wildman–Crippen LogP) is 7.35. The van der Waals surface area contributed by atoms with Gasteiger partial charge in [0.1, 0.15) is 0 Å². The molecule has 0 heterocycles. The van der Waals surface area contributed by atoms with Gasteiger partial charge in [-0.15, -0.1) is 0 Å². The molecule has 0 aromatic heterocycles. The average Bonchev–Trinajstić information content (AvgIpc) is 3.33. The minimum atomic E-state index is -2.07. The molecule has 1 fully saturated rings. The van der Waals surface area contributed by atoms with E-state index >= 15 is 0 Å². The van der Waals surface area contributed by atoms with Crippen molar-refractivity contribution >= 4 is 18.4 Å². The van der Waals surface area contributed by atoms with Crippen molar-refractivity contribution in [3.05, 3.63) is 0 Å². The molecule has 2 atom stereocenters. The Labute approximate surface area is 158 Å². The second-order valence-electron chi connectivity index (χ2n) is 8.75. The van der Waals surface area contributed by atoms with E-state index < -0.39 is 18.4 Å². The molecule has 1 nitrogen and oxygen atoms in total. The van der Waals surface area contributed by atoms with Crippen LogP contribution in [0.25, 0.3) is 0 Å². The van der Waals surface area contributed by atoms with E-state index in [0.29, 0.717) is 5.54 Å². The van der Waals surface area contributed by atoms with E-state index in [2.05, 4.69) is 53.4 Å². The summed E-state index contributed by atoms with van der Waals surface area (Å²) in [6, 6.07) is 0. The third-order valence-electron chi connectivity index (χ3n) is 7.15. The Morgan fingerprint density at radius 1 is 0.833 bits per heavy atom. The molecule has 0 aromatic rings. The van der Waals surface area contributed by atoms with Gasteiger partial charge in [-0.1, -0.05) is 0 Å². The van der Waals surface area contributed by atoms with E-state index in [1.807, 2.05) is 0 Å². The van der Waals surface area contributed by atoms with Crippen LogP contribution in [0.4, 0.5) is 0 Å². The third-order valence-corrected chi connectivity index (χ3v) is 24.9. The van der Waals surface area contributed by atoms with Gasteiger partial charge in [-0.25, -0.2) is 0 Å². The molecule has 0 bridgehead atoms. The van der Waals surface area contributed by atoms with Crippen LogP contribution in [-0.4, -0.2) is 41.9 Å². The van der Waals surface area contributed by atoms with Crippen LogP contribution in [-0.2, 0) is 0 Å². The summed E-state index contributed by atoms with van der Waals surface area (Å²) in [4.78, 5) is 2.87. The number of unbranched alkanes of at least 4 members (excludes halogenated alkanes) is 3. The van der Waals surface area contributed by atoms with Crippen molar-refractivity contribution in [3.8, 4) is 0 Å². The van der Waals surface area contributed by atoms with E-state index in [0.717, 1.165) is 9.85 Å².